The van der Waals surface area contributed by atoms with Gasteiger partial charge in [-0.1, -0.05) is 70.2 Å². The minimum Gasteiger partial charge on any atom is -0.437 e. The van der Waals surface area contributed by atoms with Crippen molar-refractivity contribution in [3.63, 3.8) is 0 Å². The maximum atomic E-state index is 6.32. The predicted octanol–water partition coefficient (Wildman–Crippen LogP) is 8.34. The zero-order chi connectivity index (χ0) is 23.1. The quantitative estimate of drug-likeness (QED) is 0.279. The molecule has 3 heteroatoms. The molecule has 5 aromatic rings. The van der Waals surface area contributed by atoms with E-state index in [1.807, 2.05) is 6.20 Å². The van der Waals surface area contributed by atoms with Crippen LogP contribution in [0.15, 0.2) is 71.3 Å². The van der Waals surface area contributed by atoms with Crippen molar-refractivity contribution < 1.29 is 4.42 Å². The second kappa shape index (κ2) is 8.47. The molecular formula is C30H30N2O. The summed E-state index contributed by atoms with van der Waals surface area (Å²) in [6, 6.07) is 21.6. The van der Waals surface area contributed by atoms with Crippen molar-refractivity contribution in [1.82, 2.24) is 9.97 Å². The second-order valence-electron chi connectivity index (χ2n) is 9.71. The van der Waals surface area contributed by atoms with Crippen LogP contribution in [0.1, 0.15) is 50.4 Å². The highest BCUT2D eigenvalue weighted by atomic mass is 16.3. The van der Waals surface area contributed by atoms with Gasteiger partial charge >= 0.3 is 0 Å². The Labute approximate surface area is 195 Å². The summed E-state index contributed by atoms with van der Waals surface area (Å²) in [6.45, 7) is 10.9. The van der Waals surface area contributed by atoms with Gasteiger partial charge in [-0.05, 0) is 60.1 Å². The van der Waals surface area contributed by atoms with Crippen molar-refractivity contribution in [1.29, 1.82) is 0 Å². The van der Waals surface area contributed by atoms with Crippen LogP contribution < -0.4 is 0 Å². The smallest absolute Gasteiger partial charge is 0.227 e. The van der Waals surface area contributed by atoms with Gasteiger partial charge in [-0.25, -0.2) is 4.98 Å². The van der Waals surface area contributed by atoms with Gasteiger partial charge in [-0.3, -0.25) is 4.98 Å². The first-order chi connectivity index (χ1) is 15.9. The molecule has 0 bridgehead atoms. The third-order valence-electron chi connectivity index (χ3n) is 6.28. The third-order valence-corrected chi connectivity index (χ3v) is 6.28. The number of aromatic nitrogens is 2. The van der Waals surface area contributed by atoms with Crippen LogP contribution >= 0.6 is 0 Å². The molecule has 0 aliphatic carbocycles. The number of aryl methyl sites for hydroxylation is 1. The molecule has 3 heterocycles. The largest absolute Gasteiger partial charge is 0.437 e. The van der Waals surface area contributed by atoms with Crippen molar-refractivity contribution in [3.05, 3.63) is 83.7 Å². The lowest BCUT2D eigenvalue weighted by Crippen LogP contribution is -1.93. The van der Waals surface area contributed by atoms with E-state index in [-0.39, 0.29) is 0 Å². The first kappa shape index (κ1) is 21.4. The van der Waals surface area contributed by atoms with Crippen LogP contribution in [0.4, 0.5) is 0 Å². The van der Waals surface area contributed by atoms with Gasteiger partial charge in [0.15, 0.2) is 0 Å². The van der Waals surface area contributed by atoms with Crippen molar-refractivity contribution >= 4 is 22.1 Å². The molecule has 0 unspecified atom stereocenters. The number of fused-ring (bicyclic) bond motifs is 3. The van der Waals surface area contributed by atoms with Crippen LogP contribution in [0.5, 0.6) is 0 Å². The molecule has 3 nitrogen and oxygen atoms in total. The summed E-state index contributed by atoms with van der Waals surface area (Å²) >= 11 is 0. The maximum Gasteiger partial charge on any atom is 0.227 e. The third kappa shape index (κ3) is 4.04. The van der Waals surface area contributed by atoms with Gasteiger partial charge in [0.25, 0.3) is 0 Å². The van der Waals surface area contributed by atoms with E-state index in [4.69, 9.17) is 14.4 Å². The van der Waals surface area contributed by atoms with E-state index in [9.17, 15) is 0 Å². The number of hydrogen-bond donors (Lipinski definition) is 0. The van der Waals surface area contributed by atoms with Crippen LogP contribution in [-0.2, 0) is 6.42 Å². The van der Waals surface area contributed by atoms with Crippen molar-refractivity contribution in [3.8, 4) is 22.4 Å². The Kier molecular flexibility index (Phi) is 5.49. The van der Waals surface area contributed by atoms with Crippen LogP contribution in [0.3, 0.4) is 0 Å². The fraction of sp³-hybridized carbons (Fsp3) is 0.267. The summed E-state index contributed by atoms with van der Waals surface area (Å²) in [4.78, 5) is 9.61. The zero-order valence-corrected chi connectivity index (χ0v) is 20.0. The van der Waals surface area contributed by atoms with Crippen LogP contribution in [-0.4, -0.2) is 9.97 Å². The van der Waals surface area contributed by atoms with E-state index in [1.165, 1.54) is 11.1 Å². The van der Waals surface area contributed by atoms with Gasteiger partial charge in [0, 0.05) is 33.8 Å². The minimum absolute atomic E-state index is 0.359. The standard InChI is InChI=1S/C30H30N2O/c1-18(2)16-21-7-9-22(10-8-21)23-11-14-27(31-17-23)28-20(5)6-12-24-25-13-15-26(19(3)4)32-30(25)33-29(24)28/h6-15,17-19H,16H2,1-5H3. The number of benzene rings is 2. The number of furan rings is 1. The van der Waals surface area contributed by atoms with Crippen LogP contribution in [0.25, 0.3) is 44.5 Å². The van der Waals surface area contributed by atoms with Gasteiger partial charge in [0.05, 0.1) is 5.69 Å². The molecule has 2 aromatic carbocycles. The van der Waals surface area contributed by atoms with E-state index in [2.05, 4.69) is 95.3 Å². The molecule has 0 fully saturated rings. The zero-order valence-electron chi connectivity index (χ0n) is 20.0. The molecule has 0 saturated carbocycles. The highest BCUT2D eigenvalue weighted by molar-refractivity contribution is 6.09. The highest BCUT2D eigenvalue weighted by Crippen LogP contribution is 2.37. The lowest BCUT2D eigenvalue weighted by Gasteiger charge is -2.09. The Morgan fingerprint density at radius 2 is 1.52 bits per heavy atom. The summed E-state index contributed by atoms with van der Waals surface area (Å²) in [7, 11) is 0. The summed E-state index contributed by atoms with van der Waals surface area (Å²) < 4.78 is 6.32. The minimum atomic E-state index is 0.359. The molecule has 0 aliphatic rings. The lowest BCUT2D eigenvalue weighted by molar-refractivity contribution is 0.647. The van der Waals surface area contributed by atoms with Crippen LogP contribution in [0, 0.1) is 12.8 Å². The van der Waals surface area contributed by atoms with E-state index in [1.54, 1.807) is 0 Å². The summed E-state index contributed by atoms with van der Waals surface area (Å²) in [5.41, 5.74) is 9.37. The van der Waals surface area contributed by atoms with E-state index in [0.717, 1.165) is 50.9 Å². The Bertz CT molecular complexity index is 1420. The van der Waals surface area contributed by atoms with Gasteiger partial charge in [0.1, 0.15) is 5.58 Å². The molecule has 33 heavy (non-hydrogen) atoms. The number of rotatable bonds is 5. The molecule has 3 aromatic heterocycles. The molecular weight excluding hydrogens is 404 g/mol. The first-order valence-corrected chi connectivity index (χ1v) is 11.8. The predicted molar refractivity (Wildman–Crippen MR) is 138 cm³/mol. The molecule has 0 saturated heterocycles. The van der Waals surface area contributed by atoms with Gasteiger partial charge in [-0.15, -0.1) is 0 Å². The van der Waals surface area contributed by atoms with Gasteiger partial charge in [-0.2, -0.15) is 0 Å². The Morgan fingerprint density at radius 1 is 0.788 bits per heavy atom. The topological polar surface area (TPSA) is 38.9 Å². The maximum absolute atomic E-state index is 6.32. The monoisotopic (exact) mass is 434 g/mol. The average Bonchev–Trinajstić information content (AvgIpc) is 3.17. The van der Waals surface area contributed by atoms with Gasteiger partial charge in [0.2, 0.25) is 5.71 Å². The van der Waals surface area contributed by atoms with Crippen molar-refractivity contribution in [2.24, 2.45) is 5.92 Å². The Morgan fingerprint density at radius 3 is 2.18 bits per heavy atom. The molecule has 0 spiro atoms. The summed E-state index contributed by atoms with van der Waals surface area (Å²) in [6.07, 6.45) is 3.06. The molecule has 0 aliphatic heterocycles. The second-order valence-corrected chi connectivity index (χ2v) is 9.71. The first-order valence-electron chi connectivity index (χ1n) is 11.8. The van der Waals surface area contributed by atoms with Crippen LogP contribution in [0.2, 0.25) is 0 Å². The van der Waals surface area contributed by atoms with Gasteiger partial charge < -0.3 is 4.42 Å². The number of hydrogen-bond acceptors (Lipinski definition) is 3. The molecule has 0 N–H and O–H groups in total. The number of pyridine rings is 2. The van der Waals surface area contributed by atoms with E-state index >= 15 is 0 Å². The molecule has 0 atom stereocenters. The average molecular weight is 435 g/mol. The number of nitrogens with zero attached hydrogens (tertiary/aromatic N) is 2. The fourth-order valence-electron chi connectivity index (χ4n) is 4.49. The normalized spacial score (nSPS) is 11.8. The Balaban J connectivity index is 1.54. The fourth-order valence-corrected chi connectivity index (χ4v) is 4.49. The van der Waals surface area contributed by atoms with E-state index in [0.29, 0.717) is 17.5 Å². The van der Waals surface area contributed by atoms with E-state index < -0.39 is 0 Å². The van der Waals surface area contributed by atoms with Crippen molar-refractivity contribution in [2.75, 3.05) is 0 Å². The molecule has 0 radical (unpaired) electrons. The summed E-state index contributed by atoms with van der Waals surface area (Å²) in [5.74, 6) is 1.02. The lowest BCUT2D eigenvalue weighted by atomic mass is 9.98. The SMILES string of the molecule is Cc1ccc2c(oc3nc(C(C)C)ccc32)c1-c1ccc(-c2ccc(CC(C)C)cc2)cn1. The summed E-state index contributed by atoms with van der Waals surface area (Å²) in [5, 5.41) is 2.13. The Hall–Kier alpha value is -3.46. The molecule has 0 amide bonds. The molecule has 166 valence electrons. The van der Waals surface area contributed by atoms with Crippen molar-refractivity contribution in [2.45, 2.75) is 47.0 Å². The highest BCUT2D eigenvalue weighted by Gasteiger charge is 2.17. The molecule has 5 rings (SSSR count).